The van der Waals surface area contributed by atoms with Crippen molar-refractivity contribution in [2.24, 2.45) is 5.92 Å². The molecule has 0 aromatic rings. The summed E-state index contributed by atoms with van der Waals surface area (Å²) in [5.74, 6) is -1.23. The summed E-state index contributed by atoms with van der Waals surface area (Å²) < 4.78 is 68.4. The molecule has 0 aromatic heterocycles. The van der Waals surface area contributed by atoms with Gasteiger partial charge in [-0.15, -0.1) is 0 Å². The Hall–Kier alpha value is -0.380. The van der Waals surface area contributed by atoms with E-state index in [1.165, 1.54) is 4.31 Å². The third-order valence-corrected chi connectivity index (χ3v) is 6.22. The van der Waals surface area contributed by atoms with Gasteiger partial charge in [0.1, 0.15) is 0 Å². The van der Waals surface area contributed by atoms with Gasteiger partial charge >= 0.3 is 6.18 Å². The standard InChI is InChI=1S/C13H23F3N2O3S/c14-13(15,16)11-1-3-12(4-2-11)17-5-10-22(19,20)18-6-8-21-9-7-18/h11-12,17H,1-10H2. The third-order valence-electron chi connectivity index (χ3n) is 4.35. The predicted octanol–water partition coefficient (Wildman–Crippen LogP) is 1.36. The molecule has 2 rings (SSSR count). The maximum Gasteiger partial charge on any atom is 0.391 e. The maximum atomic E-state index is 12.6. The van der Waals surface area contributed by atoms with Crippen molar-refractivity contribution >= 4 is 10.0 Å². The zero-order valence-electron chi connectivity index (χ0n) is 12.4. The monoisotopic (exact) mass is 344 g/mol. The molecular formula is C13H23F3N2O3S. The molecule has 0 amide bonds. The van der Waals surface area contributed by atoms with E-state index >= 15 is 0 Å². The Balaban J connectivity index is 1.69. The lowest BCUT2D eigenvalue weighted by molar-refractivity contribution is -0.182. The van der Waals surface area contributed by atoms with Crippen molar-refractivity contribution in [2.45, 2.75) is 37.9 Å². The Morgan fingerprint density at radius 2 is 1.68 bits per heavy atom. The van der Waals surface area contributed by atoms with Crippen LogP contribution in [0.25, 0.3) is 0 Å². The van der Waals surface area contributed by atoms with Gasteiger partial charge in [0.05, 0.1) is 24.9 Å². The van der Waals surface area contributed by atoms with Gasteiger partial charge in [0.25, 0.3) is 0 Å². The van der Waals surface area contributed by atoms with Crippen molar-refractivity contribution in [2.75, 3.05) is 38.6 Å². The Morgan fingerprint density at radius 3 is 2.23 bits per heavy atom. The molecular weight excluding hydrogens is 321 g/mol. The van der Waals surface area contributed by atoms with Crippen LogP contribution in [0.5, 0.6) is 0 Å². The number of sulfonamides is 1. The van der Waals surface area contributed by atoms with E-state index in [9.17, 15) is 21.6 Å². The van der Waals surface area contributed by atoms with Gasteiger partial charge in [-0.3, -0.25) is 0 Å². The van der Waals surface area contributed by atoms with E-state index in [1.807, 2.05) is 0 Å². The summed E-state index contributed by atoms with van der Waals surface area (Å²) in [6, 6.07) is -0.0153. The van der Waals surface area contributed by atoms with Crippen LogP contribution < -0.4 is 5.32 Å². The van der Waals surface area contributed by atoms with Crippen molar-refractivity contribution < 1.29 is 26.3 Å². The molecule has 0 atom stereocenters. The molecule has 1 saturated heterocycles. The molecule has 0 aromatic carbocycles. The number of hydrogen-bond donors (Lipinski definition) is 1. The van der Waals surface area contributed by atoms with Gasteiger partial charge in [-0.25, -0.2) is 8.42 Å². The van der Waals surface area contributed by atoms with Crippen LogP contribution in [0.3, 0.4) is 0 Å². The number of nitrogens with zero attached hydrogens (tertiary/aromatic N) is 1. The molecule has 130 valence electrons. The fraction of sp³-hybridized carbons (Fsp3) is 1.00. The van der Waals surface area contributed by atoms with E-state index < -0.39 is 22.1 Å². The van der Waals surface area contributed by atoms with Crippen LogP contribution in [-0.4, -0.2) is 63.5 Å². The Bertz CT molecular complexity index is 442. The van der Waals surface area contributed by atoms with Crippen LogP contribution in [-0.2, 0) is 14.8 Å². The van der Waals surface area contributed by atoms with Crippen molar-refractivity contribution in [3.05, 3.63) is 0 Å². The first-order chi connectivity index (χ1) is 10.3. The number of hydrogen-bond acceptors (Lipinski definition) is 4. The van der Waals surface area contributed by atoms with E-state index in [1.54, 1.807) is 0 Å². The Morgan fingerprint density at radius 1 is 1.09 bits per heavy atom. The second-order valence-electron chi connectivity index (χ2n) is 5.87. The van der Waals surface area contributed by atoms with E-state index in [4.69, 9.17) is 4.74 Å². The molecule has 5 nitrogen and oxygen atoms in total. The average Bonchev–Trinajstić information content (AvgIpc) is 2.48. The number of morpholine rings is 1. The third kappa shape index (κ3) is 5.07. The van der Waals surface area contributed by atoms with Crippen LogP contribution in [0, 0.1) is 5.92 Å². The van der Waals surface area contributed by atoms with Gasteiger partial charge in [0.15, 0.2) is 0 Å². The minimum atomic E-state index is -4.11. The van der Waals surface area contributed by atoms with Crippen molar-refractivity contribution in [1.29, 1.82) is 0 Å². The topological polar surface area (TPSA) is 58.6 Å². The fourth-order valence-electron chi connectivity index (χ4n) is 2.97. The second kappa shape index (κ2) is 7.46. The smallest absolute Gasteiger partial charge is 0.379 e. The lowest BCUT2D eigenvalue weighted by Gasteiger charge is -2.31. The Labute approximate surface area is 129 Å². The van der Waals surface area contributed by atoms with Crippen LogP contribution in [0.4, 0.5) is 13.2 Å². The molecule has 1 aliphatic heterocycles. The van der Waals surface area contributed by atoms with Crippen molar-refractivity contribution in [3.8, 4) is 0 Å². The molecule has 2 fully saturated rings. The zero-order chi connectivity index (χ0) is 16.2. The predicted molar refractivity (Wildman–Crippen MR) is 76.0 cm³/mol. The minimum absolute atomic E-state index is 0.0153. The Kier molecular flexibility index (Phi) is 6.09. The second-order valence-corrected chi connectivity index (χ2v) is 7.96. The summed E-state index contributed by atoms with van der Waals surface area (Å²) in [7, 11) is -3.31. The van der Waals surface area contributed by atoms with Gasteiger partial charge in [-0.2, -0.15) is 17.5 Å². The molecule has 0 bridgehead atoms. The summed E-state index contributed by atoms with van der Waals surface area (Å²) in [6.45, 7) is 1.85. The van der Waals surface area contributed by atoms with Gasteiger partial charge in [-0.1, -0.05) is 0 Å². The van der Waals surface area contributed by atoms with Gasteiger partial charge < -0.3 is 10.1 Å². The summed E-state index contributed by atoms with van der Waals surface area (Å²) in [4.78, 5) is 0. The zero-order valence-corrected chi connectivity index (χ0v) is 13.3. The number of ether oxygens (including phenoxy) is 1. The number of alkyl halides is 3. The van der Waals surface area contributed by atoms with Crippen molar-refractivity contribution in [1.82, 2.24) is 9.62 Å². The van der Waals surface area contributed by atoms with E-state index in [0.717, 1.165) is 0 Å². The molecule has 2 aliphatic rings. The fourth-order valence-corrected chi connectivity index (χ4v) is 4.31. The normalized spacial score (nSPS) is 28.7. The first-order valence-electron chi connectivity index (χ1n) is 7.65. The lowest BCUT2D eigenvalue weighted by Crippen LogP contribution is -2.44. The highest BCUT2D eigenvalue weighted by atomic mass is 32.2. The van der Waals surface area contributed by atoms with E-state index in [2.05, 4.69) is 5.32 Å². The molecule has 22 heavy (non-hydrogen) atoms. The molecule has 0 spiro atoms. The number of rotatable bonds is 5. The van der Waals surface area contributed by atoms with Crippen LogP contribution in [0.15, 0.2) is 0 Å². The molecule has 1 heterocycles. The van der Waals surface area contributed by atoms with E-state index in [-0.39, 0.29) is 31.2 Å². The van der Waals surface area contributed by atoms with E-state index in [0.29, 0.717) is 39.1 Å². The molecule has 0 radical (unpaired) electrons. The lowest BCUT2D eigenvalue weighted by atomic mass is 9.85. The highest BCUT2D eigenvalue weighted by Crippen LogP contribution is 2.37. The van der Waals surface area contributed by atoms with Gasteiger partial charge in [-0.05, 0) is 25.7 Å². The van der Waals surface area contributed by atoms with Gasteiger partial charge in [0.2, 0.25) is 10.0 Å². The van der Waals surface area contributed by atoms with Crippen molar-refractivity contribution in [3.63, 3.8) is 0 Å². The average molecular weight is 344 g/mol. The number of halogens is 3. The number of nitrogens with one attached hydrogen (secondary N) is 1. The highest BCUT2D eigenvalue weighted by molar-refractivity contribution is 7.89. The molecule has 9 heteroatoms. The summed E-state index contributed by atoms with van der Waals surface area (Å²) in [5.41, 5.74) is 0. The maximum absolute atomic E-state index is 12.6. The van der Waals surface area contributed by atoms with Crippen LogP contribution >= 0.6 is 0 Å². The molecule has 0 unspecified atom stereocenters. The molecule has 1 saturated carbocycles. The largest absolute Gasteiger partial charge is 0.391 e. The van der Waals surface area contributed by atoms with Crippen LogP contribution in [0.2, 0.25) is 0 Å². The quantitative estimate of drug-likeness (QED) is 0.818. The first kappa shape index (κ1) is 18.0. The summed E-state index contributed by atoms with van der Waals surface area (Å²) >= 11 is 0. The highest BCUT2D eigenvalue weighted by Gasteiger charge is 2.41. The van der Waals surface area contributed by atoms with Gasteiger partial charge in [0, 0.05) is 25.7 Å². The minimum Gasteiger partial charge on any atom is -0.379 e. The molecule has 1 aliphatic carbocycles. The summed E-state index contributed by atoms with van der Waals surface area (Å²) in [6.07, 6.45) is -2.97. The first-order valence-corrected chi connectivity index (χ1v) is 9.25. The summed E-state index contributed by atoms with van der Waals surface area (Å²) in [5, 5.41) is 3.08. The SMILES string of the molecule is O=S(=O)(CCNC1CCC(C(F)(F)F)CC1)N1CCOCC1. The van der Waals surface area contributed by atoms with Crippen LogP contribution in [0.1, 0.15) is 25.7 Å². The molecule has 1 N–H and O–H groups in total.